The van der Waals surface area contributed by atoms with E-state index in [1.165, 1.54) is 33.7 Å². The molecule has 2 aromatic rings. The zero-order valence-corrected chi connectivity index (χ0v) is 42.2. The number of phenols is 1. The maximum absolute atomic E-state index is 14.9. The molecule has 0 saturated carbocycles. The number of carbonyl (C=O) groups excluding carboxylic acids is 7. The molecule has 8 atom stereocenters. The number of hydrogen-bond donors (Lipinski definition) is 3. The zero-order chi connectivity index (χ0) is 49.5. The van der Waals surface area contributed by atoms with Crippen LogP contribution in [-0.4, -0.2) is 146 Å². The smallest absolute Gasteiger partial charge is 0.249 e. The summed E-state index contributed by atoms with van der Waals surface area (Å²) in [7, 11) is 3.16. The lowest BCUT2D eigenvalue weighted by molar-refractivity contribution is -0.148. The number of aliphatic imine (C=N–C) groups is 1. The molecular weight excluding hydrogens is 871 g/mol. The molecule has 6 amide bonds. The second-order valence-electron chi connectivity index (χ2n) is 20.5. The molecule has 0 aromatic heterocycles. The quantitative estimate of drug-likeness (QED) is 0.184. The minimum atomic E-state index is -1.30. The van der Waals surface area contributed by atoms with Gasteiger partial charge in [-0.2, -0.15) is 0 Å². The number of benzene rings is 2. The van der Waals surface area contributed by atoms with Crippen LogP contribution >= 0.6 is 11.8 Å². The fourth-order valence-corrected chi connectivity index (χ4v) is 10.4. The second-order valence-corrected chi connectivity index (χ2v) is 21.5. The van der Waals surface area contributed by atoms with Crippen LogP contribution in [0.2, 0.25) is 0 Å². The number of amides is 6. The summed E-state index contributed by atoms with van der Waals surface area (Å²) in [5.41, 5.74) is -0.449. The number of likely N-dealkylation sites (N-methyl/N-ethyl adjacent to an activating group) is 2. The molecule has 2 saturated heterocycles. The largest absolute Gasteiger partial charge is 0.508 e. The van der Waals surface area contributed by atoms with Crippen molar-refractivity contribution >= 4 is 58.0 Å². The van der Waals surface area contributed by atoms with E-state index in [-0.39, 0.29) is 59.7 Å². The third-order valence-electron chi connectivity index (χ3n) is 13.2. The number of rotatable bonds is 18. The Morgan fingerprint density at radius 3 is 2.03 bits per heavy atom. The molecule has 2 fully saturated rings. The van der Waals surface area contributed by atoms with Crippen molar-refractivity contribution < 1.29 is 38.7 Å². The Morgan fingerprint density at radius 2 is 1.45 bits per heavy atom. The van der Waals surface area contributed by atoms with Crippen LogP contribution in [0.4, 0.5) is 0 Å². The third-order valence-corrected chi connectivity index (χ3v) is 14.6. The van der Waals surface area contributed by atoms with Gasteiger partial charge in [-0.25, -0.2) is 0 Å². The van der Waals surface area contributed by atoms with Crippen molar-refractivity contribution in [1.82, 2.24) is 30.2 Å². The summed E-state index contributed by atoms with van der Waals surface area (Å²) >= 11 is 1.39. The molecular formula is C51H73N7O8S. The minimum absolute atomic E-state index is 0.00212. The van der Waals surface area contributed by atoms with E-state index in [1.54, 1.807) is 77.6 Å². The summed E-state index contributed by atoms with van der Waals surface area (Å²) in [6.45, 7) is 17.2. The Balaban J connectivity index is 1.39. The highest BCUT2D eigenvalue weighted by atomic mass is 32.2. The normalized spacial score (nSPS) is 22.4. The monoisotopic (exact) mass is 944 g/mol. The van der Waals surface area contributed by atoms with Crippen LogP contribution in [-0.2, 0) is 46.4 Å². The molecule has 0 spiro atoms. The maximum Gasteiger partial charge on any atom is 0.249 e. The van der Waals surface area contributed by atoms with Crippen LogP contribution in [0, 0.1) is 17.3 Å². The van der Waals surface area contributed by atoms with Crippen molar-refractivity contribution in [3.63, 3.8) is 0 Å². The average Bonchev–Trinajstić information content (AvgIpc) is 4.05. The van der Waals surface area contributed by atoms with Gasteiger partial charge in [-0.05, 0) is 74.6 Å². The van der Waals surface area contributed by atoms with E-state index in [0.29, 0.717) is 50.2 Å². The summed E-state index contributed by atoms with van der Waals surface area (Å²) in [4.78, 5) is 109. The number of phenolic OH excluding ortho intramolecular Hbond substituents is 1. The zero-order valence-electron chi connectivity index (χ0n) is 41.3. The first-order chi connectivity index (χ1) is 31.4. The molecule has 0 unspecified atom stereocenters. The summed E-state index contributed by atoms with van der Waals surface area (Å²) in [5, 5.41) is 16.4. The second kappa shape index (κ2) is 22.2. The Hall–Kier alpha value is -5.25. The number of hydrogen-bond acceptors (Lipinski definition) is 10. The number of ketones is 1. The van der Waals surface area contributed by atoms with E-state index in [1.807, 2.05) is 51.1 Å². The molecule has 3 N–H and O–H groups in total. The van der Waals surface area contributed by atoms with E-state index in [4.69, 9.17) is 4.99 Å². The maximum atomic E-state index is 14.9. The molecule has 3 heterocycles. The van der Waals surface area contributed by atoms with Crippen molar-refractivity contribution in [1.29, 1.82) is 0 Å². The van der Waals surface area contributed by atoms with Crippen LogP contribution in [0.15, 0.2) is 59.6 Å². The standard InChI is InChI=1S/C51H73N7O8S/c1-12-42(60)38-19-16-24-57(38)46(63)40(27-34-17-14-13-15-18-34)56(11)45(62)37(25-31(2)3)53-49(66)51(9)30-67-43(54-51)39-26-32(4)29-58(39)47(64)41(28-35-20-22-36(59)23-21-35)55(10)44(61)33(5)52-48(65)50(6,7)8/h13-15,17-18,20-23,31-33,37-41,59H,12,16,19,24-30H2,1-11H3,(H,52,65)(H,53,66)/t32-,33-,37+,38-,39-,40-,41+,51-/m0/s1. The fraction of sp³-hybridized carbons (Fsp3) is 0.608. The van der Waals surface area contributed by atoms with Gasteiger partial charge in [-0.3, -0.25) is 38.6 Å². The van der Waals surface area contributed by atoms with Gasteiger partial charge in [-0.15, -0.1) is 11.8 Å². The average molecular weight is 944 g/mol. The Morgan fingerprint density at radius 1 is 0.866 bits per heavy atom. The Kier molecular flexibility index (Phi) is 17.5. The third kappa shape index (κ3) is 12.8. The highest BCUT2D eigenvalue weighted by Crippen LogP contribution is 2.37. The summed E-state index contributed by atoms with van der Waals surface area (Å²) < 4.78 is 0. The Bertz CT molecular complexity index is 2160. The first-order valence-electron chi connectivity index (χ1n) is 23.8. The molecule has 3 aliphatic heterocycles. The van der Waals surface area contributed by atoms with Gasteiger partial charge in [0.05, 0.1) is 17.1 Å². The minimum Gasteiger partial charge on any atom is -0.508 e. The van der Waals surface area contributed by atoms with Gasteiger partial charge in [0.25, 0.3) is 0 Å². The Labute approximate surface area is 401 Å². The molecule has 16 heteroatoms. The molecule has 2 aromatic carbocycles. The first-order valence-corrected chi connectivity index (χ1v) is 24.8. The molecule has 15 nitrogen and oxygen atoms in total. The van der Waals surface area contributed by atoms with E-state index in [0.717, 1.165) is 11.1 Å². The van der Waals surface area contributed by atoms with Crippen LogP contribution < -0.4 is 10.6 Å². The van der Waals surface area contributed by atoms with Crippen molar-refractivity contribution in [2.45, 2.75) is 149 Å². The van der Waals surface area contributed by atoms with Gasteiger partial charge in [-0.1, -0.05) is 90.9 Å². The van der Waals surface area contributed by atoms with Gasteiger partial charge >= 0.3 is 0 Å². The molecule has 366 valence electrons. The molecule has 0 aliphatic carbocycles. The SMILES string of the molecule is CCC(=O)[C@@H]1CCCN1C(=O)[C@H](Cc1ccccc1)N(C)C(=O)[C@@H](CC(C)C)NC(=O)[C@]1(C)CSC([C@@H]2C[C@H](C)CN2C(=O)[C@@H](Cc2ccc(O)cc2)N(C)C(=O)[C@H](C)NC(=O)C(C)(C)C)=N1. The molecule has 3 aliphatic rings. The van der Waals surface area contributed by atoms with Gasteiger partial charge in [0.15, 0.2) is 5.78 Å². The first kappa shape index (κ1) is 52.7. The van der Waals surface area contributed by atoms with Crippen molar-refractivity contribution in [3.05, 3.63) is 65.7 Å². The van der Waals surface area contributed by atoms with E-state index in [2.05, 4.69) is 10.6 Å². The number of nitrogens with one attached hydrogen (secondary N) is 2. The lowest BCUT2D eigenvalue weighted by Gasteiger charge is -2.36. The van der Waals surface area contributed by atoms with E-state index >= 15 is 0 Å². The van der Waals surface area contributed by atoms with Gasteiger partial charge in [0, 0.05) is 57.6 Å². The predicted molar refractivity (Wildman–Crippen MR) is 261 cm³/mol. The topological polar surface area (TPSA) is 189 Å². The lowest BCUT2D eigenvalue weighted by Crippen LogP contribution is -2.58. The molecule has 0 bridgehead atoms. The van der Waals surface area contributed by atoms with Gasteiger partial charge in [0.2, 0.25) is 35.4 Å². The van der Waals surface area contributed by atoms with E-state index in [9.17, 15) is 38.7 Å². The van der Waals surface area contributed by atoms with Gasteiger partial charge in [0.1, 0.15) is 35.5 Å². The van der Waals surface area contributed by atoms with Crippen LogP contribution in [0.1, 0.15) is 106 Å². The lowest BCUT2D eigenvalue weighted by atomic mass is 9.95. The van der Waals surface area contributed by atoms with Crippen LogP contribution in [0.25, 0.3) is 0 Å². The number of likely N-dealkylation sites (tertiary alicyclic amines) is 2. The van der Waals surface area contributed by atoms with Crippen LogP contribution in [0.5, 0.6) is 5.75 Å². The number of carbonyl (C=O) groups is 7. The fourth-order valence-electron chi connectivity index (χ4n) is 9.13. The van der Waals surface area contributed by atoms with Crippen molar-refractivity contribution in [3.8, 4) is 5.75 Å². The van der Waals surface area contributed by atoms with Crippen LogP contribution in [0.3, 0.4) is 0 Å². The molecule has 5 rings (SSSR count). The molecule has 0 radical (unpaired) electrons. The highest BCUT2D eigenvalue weighted by molar-refractivity contribution is 8.14. The summed E-state index contributed by atoms with van der Waals surface area (Å²) in [6, 6.07) is 11.1. The number of thioether (sulfide) groups is 1. The predicted octanol–water partition coefficient (Wildman–Crippen LogP) is 5.02. The number of nitrogens with zero attached hydrogens (tertiary/aromatic N) is 5. The van der Waals surface area contributed by atoms with E-state index < -0.39 is 64.9 Å². The summed E-state index contributed by atoms with van der Waals surface area (Å²) in [5.74, 6) is -1.81. The number of Topliss-reactive ketones (excluding diaryl/α,β-unsaturated/α-hetero) is 1. The summed E-state index contributed by atoms with van der Waals surface area (Å²) in [6.07, 6.45) is 2.85. The van der Waals surface area contributed by atoms with Crippen molar-refractivity contribution in [2.75, 3.05) is 32.9 Å². The number of aromatic hydroxyl groups is 1. The van der Waals surface area contributed by atoms with Crippen molar-refractivity contribution in [2.24, 2.45) is 22.2 Å². The van der Waals surface area contributed by atoms with Gasteiger partial charge < -0.3 is 35.3 Å². The molecule has 67 heavy (non-hydrogen) atoms. The highest BCUT2D eigenvalue weighted by Gasteiger charge is 2.48.